The highest BCUT2D eigenvalue weighted by Crippen LogP contribution is 2.40. The van der Waals surface area contributed by atoms with Gasteiger partial charge in [-0.2, -0.15) is 0 Å². The highest BCUT2D eigenvalue weighted by Gasteiger charge is 2.21. The van der Waals surface area contributed by atoms with Gasteiger partial charge in [0.05, 0.1) is 5.69 Å². The van der Waals surface area contributed by atoms with E-state index < -0.39 is 0 Å². The third-order valence-corrected chi connectivity index (χ3v) is 7.24. The summed E-state index contributed by atoms with van der Waals surface area (Å²) in [6.07, 6.45) is 4.00. The molecule has 0 spiro atoms. The van der Waals surface area contributed by atoms with Crippen molar-refractivity contribution >= 4 is 32.7 Å². The standard InChI is InChI=1S/C32H30N2O/c1-19(2)23-11-8-12-24(20(3)4)29(23)34-18-17-33-32(34)25-15-16-27-28-14-13-22-9-6-7-10-26(22)31(28)35-30(27)21(25)5/h6-20H,1-5H3. The normalized spacial score (nSPS) is 12.1. The van der Waals surface area contributed by atoms with Crippen molar-refractivity contribution in [2.45, 2.75) is 46.5 Å². The molecule has 174 valence electrons. The van der Waals surface area contributed by atoms with Crippen molar-refractivity contribution in [2.75, 3.05) is 0 Å². The molecular formula is C32H30N2O. The fourth-order valence-electron chi connectivity index (χ4n) is 5.42. The van der Waals surface area contributed by atoms with Gasteiger partial charge in [0.15, 0.2) is 0 Å². The van der Waals surface area contributed by atoms with Crippen LogP contribution >= 0.6 is 0 Å². The molecule has 4 aromatic carbocycles. The van der Waals surface area contributed by atoms with Gasteiger partial charge >= 0.3 is 0 Å². The molecule has 0 bridgehead atoms. The predicted molar refractivity (Wildman–Crippen MR) is 147 cm³/mol. The molecule has 3 heteroatoms. The van der Waals surface area contributed by atoms with E-state index in [9.17, 15) is 0 Å². The van der Waals surface area contributed by atoms with Crippen molar-refractivity contribution in [3.63, 3.8) is 0 Å². The Labute approximate surface area is 206 Å². The van der Waals surface area contributed by atoms with Crippen LogP contribution in [0.4, 0.5) is 0 Å². The van der Waals surface area contributed by atoms with Crippen LogP contribution in [-0.2, 0) is 0 Å². The smallest absolute Gasteiger partial charge is 0.144 e. The lowest BCUT2D eigenvalue weighted by Crippen LogP contribution is -2.08. The summed E-state index contributed by atoms with van der Waals surface area (Å²) < 4.78 is 8.84. The molecule has 0 aliphatic heterocycles. The Bertz CT molecular complexity index is 1690. The molecule has 0 atom stereocenters. The molecule has 0 radical (unpaired) electrons. The average Bonchev–Trinajstić information content (AvgIpc) is 3.49. The van der Waals surface area contributed by atoms with Crippen LogP contribution in [0.2, 0.25) is 0 Å². The van der Waals surface area contributed by atoms with Gasteiger partial charge in [-0.25, -0.2) is 4.98 Å². The molecule has 6 rings (SSSR count). The van der Waals surface area contributed by atoms with Crippen LogP contribution in [0, 0.1) is 6.92 Å². The van der Waals surface area contributed by atoms with Crippen LogP contribution in [0.5, 0.6) is 0 Å². The minimum atomic E-state index is 0.409. The van der Waals surface area contributed by atoms with E-state index in [4.69, 9.17) is 9.40 Å². The Balaban J connectivity index is 1.61. The molecule has 0 amide bonds. The minimum Gasteiger partial charge on any atom is -0.455 e. The van der Waals surface area contributed by atoms with Crippen LogP contribution < -0.4 is 0 Å². The van der Waals surface area contributed by atoms with Crippen LogP contribution in [-0.4, -0.2) is 9.55 Å². The summed E-state index contributed by atoms with van der Waals surface area (Å²) in [5.41, 5.74) is 8.02. The number of para-hydroxylation sites is 1. The van der Waals surface area contributed by atoms with Crippen molar-refractivity contribution in [1.82, 2.24) is 9.55 Å². The molecule has 0 fully saturated rings. The number of rotatable bonds is 4. The monoisotopic (exact) mass is 458 g/mol. The third-order valence-electron chi connectivity index (χ3n) is 7.24. The van der Waals surface area contributed by atoms with Gasteiger partial charge in [0.2, 0.25) is 0 Å². The number of hydrogen-bond donors (Lipinski definition) is 0. The Morgan fingerprint density at radius 1 is 0.714 bits per heavy atom. The van der Waals surface area contributed by atoms with Crippen molar-refractivity contribution in [1.29, 1.82) is 0 Å². The molecule has 0 aliphatic rings. The molecule has 0 saturated carbocycles. The van der Waals surface area contributed by atoms with Crippen molar-refractivity contribution in [3.8, 4) is 17.1 Å². The van der Waals surface area contributed by atoms with Crippen molar-refractivity contribution in [2.24, 2.45) is 0 Å². The average molecular weight is 459 g/mol. The summed E-state index contributed by atoms with van der Waals surface area (Å²) in [4.78, 5) is 4.86. The third kappa shape index (κ3) is 3.30. The van der Waals surface area contributed by atoms with E-state index in [1.807, 2.05) is 6.20 Å². The number of imidazole rings is 1. The molecule has 3 nitrogen and oxygen atoms in total. The van der Waals surface area contributed by atoms with Gasteiger partial charge in [0, 0.05) is 39.7 Å². The predicted octanol–water partition coefficient (Wildman–Crippen LogP) is 9.15. The molecule has 0 aliphatic carbocycles. The number of aromatic nitrogens is 2. The SMILES string of the molecule is Cc1c(-c2nccn2-c2c(C(C)C)cccc2C(C)C)ccc2c1oc1c3ccccc3ccc21. The summed E-state index contributed by atoms with van der Waals surface area (Å²) in [5, 5.41) is 4.65. The van der Waals surface area contributed by atoms with E-state index in [-0.39, 0.29) is 0 Å². The molecule has 35 heavy (non-hydrogen) atoms. The van der Waals surface area contributed by atoms with E-state index in [1.165, 1.54) is 22.2 Å². The van der Waals surface area contributed by atoms with E-state index >= 15 is 0 Å². The zero-order valence-electron chi connectivity index (χ0n) is 21.0. The highest BCUT2D eigenvalue weighted by molar-refractivity contribution is 6.16. The Kier molecular flexibility index (Phi) is 5.03. The van der Waals surface area contributed by atoms with E-state index in [0.29, 0.717) is 11.8 Å². The van der Waals surface area contributed by atoms with Crippen LogP contribution in [0.25, 0.3) is 49.8 Å². The first kappa shape index (κ1) is 21.7. The number of hydrogen-bond acceptors (Lipinski definition) is 2. The maximum atomic E-state index is 6.57. The van der Waals surface area contributed by atoms with Gasteiger partial charge in [0.25, 0.3) is 0 Å². The molecule has 0 unspecified atom stereocenters. The van der Waals surface area contributed by atoms with Crippen LogP contribution in [0.1, 0.15) is 56.2 Å². The van der Waals surface area contributed by atoms with Gasteiger partial charge in [-0.3, -0.25) is 4.57 Å². The fourth-order valence-corrected chi connectivity index (χ4v) is 5.42. The van der Waals surface area contributed by atoms with E-state index in [0.717, 1.165) is 44.3 Å². The van der Waals surface area contributed by atoms with Crippen LogP contribution in [0.3, 0.4) is 0 Å². The summed E-state index contributed by atoms with van der Waals surface area (Å²) in [6.45, 7) is 11.2. The van der Waals surface area contributed by atoms with Gasteiger partial charge in [0.1, 0.15) is 17.0 Å². The number of fused-ring (bicyclic) bond motifs is 5. The molecule has 0 saturated heterocycles. The quantitative estimate of drug-likeness (QED) is 0.264. The Morgan fingerprint density at radius 2 is 1.40 bits per heavy atom. The van der Waals surface area contributed by atoms with Gasteiger partial charge in [-0.15, -0.1) is 0 Å². The van der Waals surface area contributed by atoms with Crippen molar-refractivity contribution < 1.29 is 4.42 Å². The largest absolute Gasteiger partial charge is 0.455 e. The number of nitrogens with zero attached hydrogens (tertiary/aromatic N) is 2. The summed E-state index contributed by atoms with van der Waals surface area (Å²) in [7, 11) is 0. The zero-order valence-corrected chi connectivity index (χ0v) is 21.0. The molecule has 0 N–H and O–H groups in total. The lowest BCUT2D eigenvalue weighted by molar-refractivity contribution is 0.669. The number of benzene rings is 4. The number of aryl methyl sites for hydroxylation is 1. The first-order valence-corrected chi connectivity index (χ1v) is 12.5. The van der Waals surface area contributed by atoms with Gasteiger partial charge in [-0.05, 0) is 47.4 Å². The first-order valence-electron chi connectivity index (χ1n) is 12.5. The maximum Gasteiger partial charge on any atom is 0.144 e. The zero-order chi connectivity index (χ0) is 24.3. The molecular weight excluding hydrogens is 428 g/mol. The Morgan fingerprint density at radius 3 is 2.14 bits per heavy atom. The second kappa shape index (κ2) is 8.13. The van der Waals surface area contributed by atoms with Crippen molar-refractivity contribution in [3.05, 3.63) is 95.8 Å². The molecule has 6 aromatic rings. The second-order valence-electron chi connectivity index (χ2n) is 10.1. The number of furan rings is 1. The van der Waals surface area contributed by atoms with Crippen LogP contribution in [0.15, 0.2) is 83.5 Å². The van der Waals surface area contributed by atoms with E-state index in [1.54, 1.807) is 0 Å². The lowest BCUT2D eigenvalue weighted by atomic mass is 9.92. The van der Waals surface area contributed by atoms with Gasteiger partial charge in [-0.1, -0.05) is 82.3 Å². The maximum absolute atomic E-state index is 6.57. The topological polar surface area (TPSA) is 31.0 Å². The summed E-state index contributed by atoms with van der Waals surface area (Å²) >= 11 is 0. The Hall–Kier alpha value is -3.85. The second-order valence-corrected chi connectivity index (χ2v) is 10.1. The lowest BCUT2D eigenvalue weighted by Gasteiger charge is -2.22. The highest BCUT2D eigenvalue weighted by atomic mass is 16.3. The minimum absolute atomic E-state index is 0.409. The first-order chi connectivity index (χ1) is 17.0. The fraction of sp³-hybridized carbons (Fsp3) is 0.219. The van der Waals surface area contributed by atoms with E-state index in [2.05, 4.69) is 112 Å². The van der Waals surface area contributed by atoms with Gasteiger partial charge < -0.3 is 4.42 Å². The summed E-state index contributed by atoms with van der Waals surface area (Å²) in [6, 6.07) is 23.8. The molecule has 2 aromatic heterocycles. The summed E-state index contributed by atoms with van der Waals surface area (Å²) in [5.74, 6) is 1.77. The molecule has 2 heterocycles.